The number of halogens is 1. The van der Waals surface area contributed by atoms with E-state index in [1.165, 1.54) is 6.92 Å². The molecular weight excluding hydrogens is 656 g/mol. The monoisotopic (exact) mass is 696 g/mol. The van der Waals surface area contributed by atoms with Gasteiger partial charge in [-0.2, -0.15) is 0 Å². The van der Waals surface area contributed by atoms with Crippen LogP contribution in [-0.4, -0.2) is 28.3 Å². The van der Waals surface area contributed by atoms with Gasteiger partial charge in [0.25, 0.3) is 0 Å². The molecule has 1 saturated carbocycles. The third-order valence-electron chi connectivity index (χ3n) is 9.53. The van der Waals surface area contributed by atoms with Gasteiger partial charge in [0.05, 0.1) is 11.5 Å². The van der Waals surface area contributed by atoms with Crippen molar-refractivity contribution in [2.24, 2.45) is 11.8 Å². The van der Waals surface area contributed by atoms with Gasteiger partial charge in [0, 0.05) is 33.7 Å². The first kappa shape index (κ1) is 34.1. The van der Waals surface area contributed by atoms with Crippen molar-refractivity contribution in [2.45, 2.75) is 66.1 Å². The van der Waals surface area contributed by atoms with Crippen molar-refractivity contribution in [3.63, 3.8) is 0 Å². The maximum atomic E-state index is 14.4. The molecule has 0 spiro atoms. The van der Waals surface area contributed by atoms with Crippen molar-refractivity contribution in [2.75, 3.05) is 10.6 Å². The Morgan fingerprint density at radius 3 is 2.02 bits per heavy atom. The maximum absolute atomic E-state index is 14.4. The predicted molar refractivity (Wildman–Crippen MR) is 189 cm³/mol. The van der Waals surface area contributed by atoms with Gasteiger partial charge in [0.15, 0.2) is 0 Å². The molecule has 0 aromatic heterocycles. The van der Waals surface area contributed by atoms with Crippen LogP contribution in [0, 0.1) is 46.5 Å². The summed E-state index contributed by atoms with van der Waals surface area (Å²) in [5, 5.41) is 17.9. The Morgan fingerprint density at radius 1 is 0.830 bits per heavy atom. The van der Waals surface area contributed by atoms with Crippen LogP contribution in [0.4, 0.5) is 11.4 Å². The van der Waals surface area contributed by atoms with Crippen LogP contribution in [0.1, 0.15) is 58.2 Å². The summed E-state index contributed by atoms with van der Waals surface area (Å²) in [6, 6.07) is 24.4. The third-order valence-corrected chi connectivity index (χ3v) is 10.0. The van der Waals surface area contributed by atoms with E-state index in [1.807, 2.05) is 89.2 Å². The molecule has 8 heteroatoms. The number of anilines is 2. The van der Waals surface area contributed by atoms with Gasteiger partial charge >= 0.3 is 0 Å². The first-order valence-corrected chi connectivity index (χ1v) is 16.5. The van der Waals surface area contributed by atoms with Crippen molar-refractivity contribution in [1.29, 1.82) is 0 Å². The van der Waals surface area contributed by atoms with Crippen LogP contribution < -0.4 is 15.4 Å². The number of ketones is 1. The van der Waals surface area contributed by atoms with Crippen LogP contribution in [-0.2, 0) is 21.0 Å². The molecule has 1 aliphatic rings. The zero-order valence-corrected chi connectivity index (χ0v) is 29.2. The lowest BCUT2D eigenvalue weighted by atomic mass is 9.61. The minimum absolute atomic E-state index is 0.233. The van der Waals surface area contributed by atoms with Gasteiger partial charge in [-0.1, -0.05) is 64.5 Å². The summed E-state index contributed by atoms with van der Waals surface area (Å²) in [7, 11) is 0. The van der Waals surface area contributed by atoms with Crippen molar-refractivity contribution < 1.29 is 24.2 Å². The highest BCUT2D eigenvalue weighted by Gasteiger charge is 2.56. The van der Waals surface area contributed by atoms with Crippen LogP contribution in [0.2, 0.25) is 0 Å². The van der Waals surface area contributed by atoms with Gasteiger partial charge in [-0.3, -0.25) is 14.4 Å². The first-order chi connectivity index (χ1) is 22.3. The van der Waals surface area contributed by atoms with Crippen LogP contribution in [0.5, 0.6) is 5.75 Å². The van der Waals surface area contributed by atoms with Gasteiger partial charge in [0.2, 0.25) is 11.8 Å². The molecule has 1 aliphatic carbocycles. The van der Waals surface area contributed by atoms with E-state index in [-0.39, 0.29) is 13.0 Å². The van der Waals surface area contributed by atoms with E-state index in [0.717, 1.165) is 33.4 Å². The van der Waals surface area contributed by atoms with Gasteiger partial charge in [-0.25, -0.2) is 0 Å². The lowest BCUT2D eigenvalue weighted by Gasteiger charge is -2.45. The summed E-state index contributed by atoms with van der Waals surface area (Å²) >= 11 is 3.57. The number of nitrogens with one attached hydrogen (secondary N) is 2. The molecule has 0 radical (unpaired) electrons. The largest absolute Gasteiger partial charge is 0.489 e. The first-order valence-electron chi connectivity index (χ1n) is 15.7. The number of benzene rings is 4. The number of hydrogen-bond donors (Lipinski definition) is 3. The molecule has 0 bridgehead atoms. The van der Waals surface area contributed by atoms with Crippen LogP contribution in [0.15, 0.2) is 83.3 Å². The number of carbonyl (C=O) groups is 3. The fraction of sp³-hybridized carbons (Fsp3) is 0.308. The number of carbonyl (C=O) groups excluding carboxylic acids is 3. The quantitative estimate of drug-likeness (QED) is 0.163. The van der Waals surface area contributed by atoms with Crippen LogP contribution in [0.25, 0.3) is 0 Å². The van der Waals surface area contributed by atoms with Crippen molar-refractivity contribution in [3.05, 3.63) is 122 Å². The fourth-order valence-corrected chi connectivity index (χ4v) is 6.88. The summed E-state index contributed by atoms with van der Waals surface area (Å²) in [6.45, 7) is 11.5. The van der Waals surface area contributed by atoms with Gasteiger partial charge in [0.1, 0.15) is 24.1 Å². The molecule has 4 unspecified atom stereocenters. The molecule has 7 nitrogen and oxygen atoms in total. The predicted octanol–water partition coefficient (Wildman–Crippen LogP) is 7.89. The Bertz CT molecular complexity index is 1850. The molecule has 5 rings (SSSR count). The van der Waals surface area contributed by atoms with Crippen molar-refractivity contribution in [3.8, 4) is 5.75 Å². The molecule has 0 heterocycles. The highest BCUT2D eigenvalue weighted by atomic mass is 79.9. The smallest absolute Gasteiger partial charge is 0.235 e. The number of hydrogen-bond acceptors (Lipinski definition) is 5. The zero-order valence-electron chi connectivity index (χ0n) is 27.6. The molecule has 47 heavy (non-hydrogen) atoms. The minimum atomic E-state index is -1.77. The Balaban J connectivity index is 1.64. The topological polar surface area (TPSA) is 105 Å². The molecule has 3 N–H and O–H groups in total. The van der Waals surface area contributed by atoms with E-state index >= 15 is 0 Å². The molecule has 244 valence electrons. The molecule has 4 aromatic carbocycles. The molecule has 4 atom stereocenters. The second-order valence-electron chi connectivity index (χ2n) is 12.9. The fourth-order valence-electron chi connectivity index (χ4n) is 6.50. The SMILES string of the molecule is Cc1ccccc1COc1ccc(Br)cc1C1C(C(=O)Nc2cccc(C)c2C)C(=O)CC(C)(O)C1C(=O)Nc1cccc(C)c1C. The normalized spacial score (nSPS) is 20.9. The number of aryl methyl sites for hydroxylation is 3. The molecule has 2 amide bonds. The standard InChI is InChI=1S/C39H41BrN2O5/c1-22-12-9-15-30(25(22)4)41-37(44)35-32(43)20-39(6,46)36(38(45)42-31-16-10-13-23(2)26(31)5)34(35)29-19-28(40)17-18-33(29)47-21-27-14-8-7-11-24(27)3/h7-19,34-36,46H,20-21H2,1-6H3,(H,41,44)(H,42,45). The number of Topliss-reactive ketones (excluding diaryl/α,β-unsaturated/α-hetero) is 1. The van der Waals surface area contributed by atoms with Gasteiger partial charge in [-0.15, -0.1) is 0 Å². The Kier molecular flexibility index (Phi) is 10.0. The lowest BCUT2D eigenvalue weighted by Crippen LogP contribution is -2.56. The molecule has 0 saturated heterocycles. The molecule has 4 aromatic rings. The van der Waals surface area contributed by atoms with E-state index in [2.05, 4.69) is 26.6 Å². The van der Waals surface area contributed by atoms with E-state index in [9.17, 15) is 19.5 Å². The van der Waals surface area contributed by atoms with Crippen molar-refractivity contribution >= 4 is 44.9 Å². The molecule has 1 fully saturated rings. The third kappa shape index (κ3) is 7.19. The number of ether oxygens (including phenoxy) is 1. The van der Waals surface area contributed by atoms with Gasteiger partial charge in [-0.05, 0) is 105 Å². The maximum Gasteiger partial charge on any atom is 0.235 e. The molecular formula is C39H41BrN2O5. The zero-order chi connectivity index (χ0) is 34.0. The van der Waals surface area contributed by atoms with Crippen LogP contribution in [0.3, 0.4) is 0 Å². The number of rotatable bonds is 8. The summed E-state index contributed by atoms with van der Waals surface area (Å²) in [4.78, 5) is 42.7. The minimum Gasteiger partial charge on any atom is -0.489 e. The average molecular weight is 698 g/mol. The van der Waals surface area contributed by atoms with E-state index in [4.69, 9.17) is 4.74 Å². The van der Waals surface area contributed by atoms with Crippen LogP contribution >= 0.6 is 15.9 Å². The van der Waals surface area contributed by atoms with E-state index in [0.29, 0.717) is 27.2 Å². The molecule has 0 aliphatic heterocycles. The summed E-state index contributed by atoms with van der Waals surface area (Å²) in [5.41, 5.74) is 5.66. The lowest BCUT2D eigenvalue weighted by molar-refractivity contribution is -0.150. The summed E-state index contributed by atoms with van der Waals surface area (Å²) < 4.78 is 7.08. The highest BCUT2D eigenvalue weighted by molar-refractivity contribution is 9.10. The van der Waals surface area contributed by atoms with Gasteiger partial charge < -0.3 is 20.5 Å². The van der Waals surface area contributed by atoms with E-state index in [1.54, 1.807) is 24.3 Å². The highest BCUT2D eigenvalue weighted by Crippen LogP contribution is 2.49. The number of aliphatic hydroxyl groups is 1. The Hall–Kier alpha value is -4.27. The Labute approximate surface area is 284 Å². The second kappa shape index (κ2) is 13.8. The summed E-state index contributed by atoms with van der Waals surface area (Å²) in [6.07, 6.45) is -0.368. The summed E-state index contributed by atoms with van der Waals surface area (Å²) in [5.74, 6) is -4.62. The number of amides is 2. The average Bonchev–Trinajstić information content (AvgIpc) is 3.00. The van der Waals surface area contributed by atoms with E-state index < -0.39 is 41.0 Å². The second-order valence-corrected chi connectivity index (χ2v) is 13.8. The Morgan fingerprint density at radius 2 is 1.40 bits per heavy atom. The van der Waals surface area contributed by atoms with Crippen molar-refractivity contribution in [1.82, 2.24) is 0 Å².